The second-order valence-corrected chi connectivity index (χ2v) is 11.4. The van der Waals surface area contributed by atoms with Crippen LogP contribution in [0.4, 0.5) is 11.6 Å². The van der Waals surface area contributed by atoms with E-state index in [4.69, 9.17) is 28.2 Å². The molecule has 1 atom stereocenters. The normalized spacial score (nSPS) is 14.3. The number of aryl methyl sites for hydroxylation is 2. The number of anilines is 2. The molecule has 1 aliphatic heterocycles. The highest BCUT2D eigenvalue weighted by molar-refractivity contribution is 6.31. The highest BCUT2D eigenvalue weighted by Crippen LogP contribution is 2.26. The van der Waals surface area contributed by atoms with Crippen molar-refractivity contribution < 1.29 is 19.5 Å². The van der Waals surface area contributed by atoms with Crippen molar-refractivity contribution in [1.82, 2.24) is 14.9 Å². The van der Waals surface area contributed by atoms with Crippen molar-refractivity contribution in [3.05, 3.63) is 117 Å². The third kappa shape index (κ3) is 7.72. The Kier molecular flexibility index (Phi) is 10.1. The smallest absolute Gasteiger partial charge is 0.323 e. The number of hydrogen-bond donors (Lipinski definition) is 2. The topological polar surface area (TPSA) is 116 Å². The zero-order valence-corrected chi connectivity index (χ0v) is 25.3. The number of nitrogens with one attached hydrogen (secondary N) is 1. The van der Waals surface area contributed by atoms with E-state index in [1.54, 1.807) is 48.5 Å². The predicted octanol–water partition coefficient (Wildman–Crippen LogP) is 5.90. The minimum Gasteiger partial charge on any atom is -0.480 e. The van der Waals surface area contributed by atoms with Gasteiger partial charge in [-0.05, 0) is 67.1 Å². The largest absolute Gasteiger partial charge is 0.480 e. The Bertz CT molecular complexity index is 1640. The van der Waals surface area contributed by atoms with Crippen molar-refractivity contribution >= 4 is 52.6 Å². The number of aromatic nitrogens is 2. The summed E-state index contributed by atoms with van der Waals surface area (Å²) in [6.45, 7) is 0.0501. The van der Waals surface area contributed by atoms with Crippen molar-refractivity contribution in [3.63, 3.8) is 0 Å². The fourth-order valence-electron chi connectivity index (χ4n) is 5.22. The summed E-state index contributed by atoms with van der Waals surface area (Å²) in [7, 11) is 0. The number of halogens is 2. The van der Waals surface area contributed by atoms with E-state index in [1.165, 1.54) is 11.1 Å². The molecule has 9 nitrogen and oxygen atoms in total. The van der Waals surface area contributed by atoms with E-state index in [2.05, 4.69) is 10.3 Å². The molecule has 44 heavy (non-hydrogen) atoms. The lowest BCUT2D eigenvalue weighted by Gasteiger charge is -2.26. The van der Waals surface area contributed by atoms with Gasteiger partial charge in [0, 0.05) is 35.0 Å². The third-order valence-electron chi connectivity index (χ3n) is 7.44. The Morgan fingerprint density at radius 1 is 0.955 bits per heavy atom. The Hall–Kier alpha value is -4.47. The molecule has 1 saturated heterocycles. The van der Waals surface area contributed by atoms with E-state index < -0.39 is 24.5 Å². The van der Waals surface area contributed by atoms with Crippen LogP contribution < -0.4 is 10.2 Å². The molecular formula is C33H31Cl2N5O4. The van der Waals surface area contributed by atoms with Gasteiger partial charge in [-0.25, -0.2) is 9.97 Å². The van der Waals surface area contributed by atoms with E-state index in [1.807, 2.05) is 35.2 Å². The van der Waals surface area contributed by atoms with Gasteiger partial charge in [-0.3, -0.25) is 14.4 Å². The third-order valence-corrected chi connectivity index (χ3v) is 8.06. The average Bonchev–Trinajstić information content (AvgIpc) is 3.52. The number of nitrogens with zero attached hydrogens (tertiary/aromatic N) is 4. The first kappa shape index (κ1) is 31.0. The Morgan fingerprint density at radius 2 is 1.68 bits per heavy atom. The van der Waals surface area contributed by atoms with Crippen LogP contribution in [0.1, 0.15) is 40.0 Å². The maximum Gasteiger partial charge on any atom is 0.323 e. The molecule has 1 aromatic heterocycles. The zero-order valence-electron chi connectivity index (χ0n) is 23.8. The summed E-state index contributed by atoms with van der Waals surface area (Å²) in [5.41, 5.74) is 3.00. The van der Waals surface area contributed by atoms with Crippen molar-refractivity contribution in [2.45, 2.75) is 38.3 Å². The zero-order chi connectivity index (χ0) is 31.1. The number of amides is 2. The Labute approximate surface area is 265 Å². The Morgan fingerprint density at radius 3 is 2.41 bits per heavy atom. The molecule has 226 valence electrons. The maximum absolute atomic E-state index is 13.9. The molecule has 0 aliphatic carbocycles. The lowest BCUT2D eigenvalue weighted by Crippen LogP contribution is -2.41. The fourth-order valence-corrected chi connectivity index (χ4v) is 5.55. The molecule has 1 fully saturated rings. The number of hydrogen-bond acceptors (Lipinski definition) is 6. The number of carboxylic acid groups (broad SMARTS) is 1. The molecule has 4 aromatic rings. The molecule has 0 saturated carbocycles. The van der Waals surface area contributed by atoms with Gasteiger partial charge in [-0.15, -0.1) is 0 Å². The van der Waals surface area contributed by atoms with E-state index in [9.17, 15) is 19.5 Å². The van der Waals surface area contributed by atoms with Crippen LogP contribution in [0.25, 0.3) is 0 Å². The number of carboxylic acids is 1. The molecule has 5 rings (SSSR count). The first-order chi connectivity index (χ1) is 21.3. The highest BCUT2D eigenvalue weighted by Gasteiger charge is 2.33. The molecule has 1 aliphatic rings. The van der Waals surface area contributed by atoms with Crippen molar-refractivity contribution in [3.8, 4) is 0 Å². The number of benzene rings is 3. The minimum atomic E-state index is -1.15. The van der Waals surface area contributed by atoms with Gasteiger partial charge in [0.2, 0.25) is 11.9 Å². The van der Waals surface area contributed by atoms with Gasteiger partial charge in [0.25, 0.3) is 5.91 Å². The summed E-state index contributed by atoms with van der Waals surface area (Å²) in [5, 5.41) is 13.6. The molecule has 11 heteroatoms. The predicted molar refractivity (Wildman–Crippen MR) is 170 cm³/mol. The summed E-state index contributed by atoms with van der Waals surface area (Å²) < 4.78 is 0. The fraction of sp³-hybridized carbons (Fsp3) is 0.242. The molecule has 2 heterocycles. The summed E-state index contributed by atoms with van der Waals surface area (Å²) in [4.78, 5) is 51.4. The average molecular weight is 633 g/mol. The second kappa shape index (κ2) is 14.3. The van der Waals surface area contributed by atoms with E-state index >= 15 is 0 Å². The van der Waals surface area contributed by atoms with Crippen molar-refractivity contribution in [2.24, 2.45) is 0 Å². The lowest BCUT2D eigenvalue weighted by atomic mass is 10.0. The van der Waals surface area contributed by atoms with Gasteiger partial charge in [0.15, 0.2) is 0 Å². The molecule has 0 unspecified atom stereocenters. The van der Waals surface area contributed by atoms with Gasteiger partial charge in [-0.2, -0.15) is 0 Å². The van der Waals surface area contributed by atoms with Crippen LogP contribution in [-0.2, 0) is 29.0 Å². The van der Waals surface area contributed by atoms with Gasteiger partial charge >= 0.3 is 5.97 Å². The number of rotatable bonds is 11. The van der Waals surface area contributed by atoms with E-state index in [-0.39, 0.29) is 18.0 Å². The quantitative estimate of drug-likeness (QED) is 0.212. The standard InChI is InChI=1S/C33H31Cl2N5O4/c34-24-13-15-25(16-14-24)37-31(43)29-11-6-18-40(29)33-36-19-26(28(38-33)17-12-22-7-2-1-3-8-22)32(44)39(21-30(41)42)20-23-9-4-5-10-27(23)35/h1-5,7-10,13-16,19,29H,6,11-12,17-18,20-21H2,(H,37,43)(H,41,42)/t29-/m0/s1. The number of carbonyl (C=O) groups is 3. The van der Waals surface area contributed by atoms with Crippen LogP contribution in [0.2, 0.25) is 10.0 Å². The summed E-state index contributed by atoms with van der Waals surface area (Å²) in [6, 6.07) is 23.2. The molecule has 3 aromatic carbocycles. The van der Waals surface area contributed by atoms with Crippen LogP contribution in [0.5, 0.6) is 0 Å². The minimum absolute atomic E-state index is 0.00372. The van der Waals surface area contributed by atoms with Crippen molar-refractivity contribution in [2.75, 3.05) is 23.3 Å². The van der Waals surface area contributed by atoms with Crippen LogP contribution in [0.15, 0.2) is 85.1 Å². The molecule has 2 N–H and O–H groups in total. The maximum atomic E-state index is 13.9. The first-order valence-corrected chi connectivity index (χ1v) is 15.0. The summed E-state index contributed by atoms with van der Waals surface area (Å²) >= 11 is 12.3. The van der Waals surface area contributed by atoms with E-state index in [0.717, 1.165) is 12.0 Å². The van der Waals surface area contributed by atoms with E-state index in [0.29, 0.717) is 58.7 Å². The van der Waals surface area contributed by atoms with Crippen molar-refractivity contribution in [1.29, 1.82) is 0 Å². The molecule has 0 spiro atoms. The van der Waals surface area contributed by atoms with Gasteiger partial charge in [0.1, 0.15) is 12.6 Å². The SMILES string of the molecule is O=C(O)CN(Cc1ccccc1Cl)C(=O)c1cnc(N2CCC[C@H]2C(=O)Nc2ccc(Cl)cc2)nc1CCc1ccccc1. The van der Waals surface area contributed by atoms with Gasteiger partial charge in [-0.1, -0.05) is 71.7 Å². The number of aliphatic carboxylic acids is 1. The summed E-state index contributed by atoms with van der Waals surface area (Å²) in [5.74, 6) is -1.51. The molecular weight excluding hydrogens is 601 g/mol. The summed E-state index contributed by atoms with van der Waals surface area (Å²) in [6.07, 6.45) is 3.84. The second-order valence-electron chi connectivity index (χ2n) is 10.5. The Balaban J connectivity index is 1.44. The van der Waals surface area contributed by atoms with Gasteiger partial charge in [0.05, 0.1) is 11.3 Å². The molecule has 2 amide bonds. The highest BCUT2D eigenvalue weighted by atomic mass is 35.5. The number of carbonyl (C=O) groups excluding carboxylic acids is 2. The lowest BCUT2D eigenvalue weighted by molar-refractivity contribution is -0.137. The van der Waals surface area contributed by atoms with Gasteiger partial charge < -0.3 is 20.2 Å². The van der Waals surface area contributed by atoms with Crippen LogP contribution in [-0.4, -0.2) is 56.9 Å². The van der Waals surface area contributed by atoms with Crippen LogP contribution in [0.3, 0.4) is 0 Å². The first-order valence-electron chi connectivity index (χ1n) is 14.3. The van der Waals surface area contributed by atoms with Crippen LogP contribution in [0, 0.1) is 0 Å². The van der Waals surface area contributed by atoms with Crippen LogP contribution >= 0.6 is 23.2 Å². The monoisotopic (exact) mass is 631 g/mol. The molecule has 0 radical (unpaired) electrons. The molecule has 0 bridgehead atoms.